The molecule has 1 aromatic rings. The van der Waals surface area contributed by atoms with E-state index in [2.05, 4.69) is 11.4 Å². The van der Waals surface area contributed by atoms with E-state index in [0.717, 1.165) is 4.90 Å². The molecule has 0 spiro atoms. The van der Waals surface area contributed by atoms with Gasteiger partial charge in [0.2, 0.25) is 0 Å². The molecule has 0 aliphatic heterocycles. The number of hydrogen-bond acceptors (Lipinski definition) is 4. The Balaban J connectivity index is 2.96. The lowest BCUT2D eigenvalue weighted by Crippen LogP contribution is -2.34. The molecular formula is C14H18N2O2S. The van der Waals surface area contributed by atoms with Gasteiger partial charge in [0.15, 0.2) is 0 Å². The van der Waals surface area contributed by atoms with E-state index in [4.69, 9.17) is 0 Å². The van der Waals surface area contributed by atoms with Crippen LogP contribution in [0, 0.1) is 16.7 Å². The SMILES string of the molecule is CCC(C)(CNc1cccc(SC)c1C#N)C(=O)O. The van der Waals surface area contributed by atoms with Crippen LogP contribution in [-0.2, 0) is 4.79 Å². The Labute approximate surface area is 117 Å². The zero-order valence-electron chi connectivity index (χ0n) is 11.4. The molecule has 0 aromatic heterocycles. The van der Waals surface area contributed by atoms with Crippen LogP contribution in [0.15, 0.2) is 23.1 Å². The summed E-state index contributed by atoms with van der Waals surface area (Å²) in [5, 5.41) is 21.5. The molecule has 0 heterocycles. The number of aliphatic carboxylic acids is 1. The van der Waals surface area contributed by atoms with E-state index in [1.54, 1.807) is 13.0 Å². The highest BCUT2D eigenvalue weighted by atomic mass is 32.2. The second-order valence-corrected chi connectivity index (χ2v) is 5.42. The Hall–Kier alpha value is -1.67. The Kier molecular flexibility index (Phi) is 5.25. The normalized spacial score (nSPS) is 13.4. The van der Waals surface area contributed by atoms with Crippen LogP contribution < -0.4 is 5.32 Å². The molecule has 0 bridgehead atoms. The minimum absolute atomic E-state index is 0.297. The average Bonchev–Trinajstić information content (AvgIpc) is 2.43. The summed E-state index contributed by atoms with van der Waals surface area (Å²) in [4.78, 5) is 12.1. The fourth-order valence-electron chi connectivity index (χ4n) is 1.61. The second kappa shape index (κ2) is 6.48. The first-order chi connectivity index (χ1) is 8.98. The molecule has 1 unspecified atom stereocenters. The number of rotatable bonds is 6. The highest BCUT2D eigenvalue weighted by Crippen LogP contribution is 2.28. The van der Waals surface area contributed by atoms with Crippen LogP contribution in [0.4, 0.5) is 5.69 Å². The van der Waals surface area contributed by atoms with Gasteiger partial charge in [-0.15, -0.1) is 11.8 Å². The van der Waals surface area contributed by atoms with Gasteiger partial charge in [-0.3, -0.25) is 4.79 Å². The molecule has 0 fully saturated rings. The van der Waals surface area contributed by atoms with Crippen molar-refractivity contribution >= 4 is 23.4 Å². The van der Waals surface area contributed by atoms with Gasteiger partial charge in [-0.1, -0.05) is 13.0 Å². The van der Waals surface area contributed by atoms with Gasteiger partial charge in [0.05, 0.1) is 16.7 Å². The number of nitriles is 1. The van der Waals surface area contributed by atoms with Crippen molar-refractivity contribution in [1.29, 1.82) is 5.26 Å². The second-order valence-electron chi connectivity index (χ2n) is 4.57. The van der Waals surface area contributed by atoms with Crippen molar-refractivity contribution in [3.63, 3.8) is 0 Å². The smallest absolute Gasteiger partial charge is 0.311 e. The largest absolute Gasteiger partial charge is 0.481 e. The topological polar surface area (TPSA) is 73.1 Å². The van der Waals surface area contributed by atoms with Gasteiger partial charge >= 0.3 is 5.97 Å². The zero-order chi connectivity index (χ0) is 14.5. The van der Waals surface area contributed by atoms with Crippen LogP contribution in [0.3, 0.4) is 0 Å². The molecule has 0 amide bonds. The molecule has 1 atom stereocenters. The van der Waals surface area contributed by atoms with Gasteiger partial charge in [-0.2, -0.15) is 5.26 Å². The molecule has 1 rings (SSSR count). The number of thioether (sulfide) groups is 1. The monoisotopic (exact) mass is 278 g/mol. The summed E-state index contributed by atoms with van der Waals surface area (Å²) in [6, 6.07) is 7.71. The van der Waals surface area contributed by atoms with E-state index in [-0.39, 0.29) is 0 Å². The van der Waals surface area contributed by atoms with Crippen molar-refractivity contribution in [2.45, 2.75) is 25.2 Å². The van der Waals surface area contributed by atoms with Crippen molar-refractivity contribution in [2.75, 3.05) is 18.1 Å². The first-order valence-corrected chi connectivity index (χ1v) is 7.25. The lowest BCUT2D eigenvalue weighted by Gasteiger charge is -2.24. The minimum Gasteiger partial charge on any atom is -0.481 e. The predicted molar refractivity (Wildman–Crippen MR) is 77.5 cm³/mol. The number of nitrogens with one attached hydrogen (secondary N) is 1. The van der Waals surface area contributed by atoms with E-state index < -0.39 is 11.4 Å². The van der Waals surface area contributed by atoms with Crippen molar-refractivity contribution in [3.05, 3.63) is 23.8 Å². The molecule has 19 heavy (non-hydrogen) atoms. The highest BCUT2D eigenvalue weighted by Gasteiger charge is 2.31. The Bertz CT molecular complexity index is 511. The predicted octanol–water partition coefficient (Wildman–Crippen LogP) is 3.19. The van der Waals surface area contributed by atoms with Crippen LogP contribution in [0.25, 0.3) is 0 Å². The molecule has 0 saturated heterocycles. The number of carbonyl (C=O) groups is 1. The zero-order valence-corrected chi connectivity index (χ0v) is 12.2. The van der Waals surface area contributed by atoms with Gasteiger partial charge in [0.1, 0.15) is 6.07 Å². The first-order valence-electron chi connectivity index (χ1n) is 6.03. The molecule has 0 aliphatic carbocycles. The number of benzene rings is 1. The summed E-state index contributed by atoms with van der Waals surface area (Å²) in [6.45, 7) is 3.84. The lowest BCUT2D eigenvalue weighted by atomic mass is 9.87. The maximum atomic E-state index is 11.2. The molecule has 4 nitrogen and oxygen atoms in total. The third-order valence-corrected chi connectivity index (χ3v) is 4.10. The van der Waals surface area contributed by atoms with Crippen molar-refractivity contribution in [3.8, 4) is 6.07 Å². The molecule has 0 radical (unpaired) electrons. The maximum absolute atomic E-state index is 11.2. The van der Waals surface area contributed by atoms with Gasteiger partial charge in [-0.05, 0) is 31.7 Å². The average molecular weight is 278 g/mol. The fraction of sp³-hybridized carbons (Fsp3) is 0.429. The number of anilines is 1. The van der Waals surface area contributed by atoms with E-state index in [1.807, 2.05) is 25.3 Å². The number of nitrogens with zero attached hydrogens (tertiary/aromatic N) is 1. The first kappa shape index (κ1) is 15.4. The summed E-state index contributed by atoms with van der Waals surface area (Å²) >= 11 is 1.50. The van der Waals surface area contributed by atoms with Crippen LogP contribution in [-0.4, -0.2) is 23.9 Å². The quantitative estimate of drug-likeness (QED) is 0.782. The minimum atomic E-state index is -0.831. The van der Waals surface area contributed by atoms with Crippen LogP contribution in [0.5, 0.6) is 0 Å². The van der Waals surface area contributed by atoms with Crippen molar-refractivity contribution < 1.29 is 9.90 Å². The summed E-state index contributed by atoms with van der Waals surface area (Å²) < 4.78 is 0. The molecule has 2 N–H and O–H groups in total. The van der Waals surface area contributed by atoms with E-state index in [1.165, 1.54) is 11.8 Å². The maximum Gasteiger partial charge on any atom is 0.311 e. The van der Waals surface area contributed by atoms with Crippen LogP contribution >= 0.6 is 11.8 Å². The lowest BCUT2D eigenvalue weighted by molar-refractivity contribution is -0.147. The Morgan fingerprint density at radius 3 is 2.74 bits per heavy atom. The van der Waals surface area contributed by atoms with E-state index >= 15 is 0 Å². The van der Waals surface area contributed by atoms with E-state index in [9.17, 15) is 15.2 Å². The molecule has 1 aromatic carbocycles. The third-order valence-electron chi connectivity index (χ3n) is 3.32. The summed E-state index contributed by atoms with van der Waals surface area (Å²) in [5.41, 5.74) is 0.427. The number of carboxylic acid groups (broad SMARTS) is 1. The van der Waals surface area contributed by atoms with Gasteiger partial charge in [0.25, 0.3) is 0 Å². The van der Waals surface area contributed by atoms with Gasteiger partial charge < -0.3 is 10.4 Å². The molecule has 0 aliphatic rings. The fourth-order valence-corrected chi connectivity index (χ4v) is 2.18. The standard InChI is InChI=1S/C14H18N2O2S/c1-4-14(2,13(17)18)9-16-11-6-5-7-12(19-3)10(11)8-15/h5-7,16H,4,9H2,1-3H3,(H,17,18). The van der Waals surface area contributed by atoms with Crippen LogP contribution in [0.2, 0.25) is 0 Å². The van der Waals surface area contributed by atoms with Crippen LogP contribution in [0.1, 0.15) is 25.8 Å². The molecule has 5 heteroatoms. The molecule has 0 saturated carbocycles. The molecular weight excluding hydrogens is 260 g/mol. The number of carboxylic acids is 1. The molecule has 102 valence electrons. The van der Waals surface area contributed by atoms with Gasteiger partial charge in [0, 0.05) is 11.4 Å². The van der Waals surface area contributed by atoms with Gasteiger partial charge in [-0.25, -0.2) is 0 Å². The van der Waals surface area contributed by atoms with Crippen molar-refractivity contribution in [2.24, 2.45) is 5.41 Å². The summed E-state index contributed by atoms with van der Waals surface area (Å²) in [6.07, 6.45) is 2.44. The van der Waals surface area contributed by atoms with E-state index in [0.29, 0.717) is 24.2 Å². The highest BCUT2D eigenvalue weighted by molar-refractivity contribution is 7.98. The third kappa shape index (κ3) is 3.42. The Morgan fingerprint density at radius 1 is 1.58 bits per heavy atom. The Morgan fingerprint density at radius 2 is 2.26 bits per heavy atom. The van der Waals surface area contributed by atoms with Crippen molar-refractivity contribution in [1.82, 2.24) is 0 Å². The number of hydrogen-bond donors (Lipinski definition) is 2. The summed E-state index contributed by atoms with van der Waals surface area (Å²) in [7, 11) is 0. The summed E-state index contributed by atoms with van der Waals surface area (Å²) in [5.74, 6) is -0.831.